The molecular formula is C27H24BrF5N4O6S2. The number of nitrogens with zero attached hydrogens (tertiary/aromatic N) is 1. The SMILES string of the molecule is CNC(=O)c1cc(Oc2ccc(NC(=O)Nc3ccc(Br)c(S(F)(F)(F)(F)F)c3)cc2)ccn1.Cc1ccc(S(=O)(=O)O)cc1. The average Bonchev–Trinajstić information content (AvgIpc) is 2.93. The maximum absolute atomic E-state index is 13.2. The first-order chi connectivity index (χ1) is 20.6. The second-order valence-corrected chi connectivity index (χ2v) is 13.7. The Morgan fingerprint density at radius 2 is 1.42 bits per heavy atom. The molecule has 1 aromatic heterocycles. The lowest BCUT2D eigenvalue weighted by molar-refractivity contribution is 0.0957. The number of hydrogen-bond acceptors (Lipinski definition) is 6. The van der Waals surface area contributed by atoms with Crippen molar-refractivity contribution in [3.05, 3.63) is 101 Å². The molecule has 0 saturated carbocycles. The molecule has 0 fully saturated rings. The lowest BCUT2D eigenvalue weighted by Crippen LogP contribution is -2.19. The van der Waals surface area contributed by atoms with Crippen LogP contribution in [0.5, 0.6) is 11.5 Å². The minimum absolute atomic E-state index is 0.0666. The molecule has 0 saturated heterocycles. The van der Waals surface area contributed by atoms with Crippen molar-refractivity contribution in [2.75, 3.05) is 17.7 Å². The average molecular weight is 740 g/mol. The fraction of sp³-hybridized carbons (Fsp3) is 0.0741. The summed E-state index contributed by atoms with van der Waals surface area (Å²) in [5.74, 6) is 0.296. The molecule has 4 aromatic rings. The minimum atomic E-state index is -9.96. The van der Waals surface area contributed by atoms with Gasteiger partial charge in [-0.15, -0.1) is 0 Å². The number of anilines is 2. The Hall–Kier alpha value is -4.26. The monoisotopic (exact) mass is 738 g/mol. The molecule has 1 heterocycles. The number of amides is 3. The quantitative estimate of drug-likeness (QED) is 0.110. The Kier molecular flexibility index (Phi) is 9.88. The number of hydrogen-bond donors (Lipinski definition) is 4. The molecule has 242 valence electrons. The molecule has 0 atom stereocenters. The zero-order valence-corrected chi connectivity index (χ0v) is 26.3. The molecule has 0 unspecified atom stereocenters. The van der Waals surface area contributed by atoms with Crippen LogP contribution in [0.2, 0.25) is 0 Å². The van der Waals surface area contributed by atoms with E-state index < -0.39 is 47.3 Å². The number of benzene rings is 3. The van der Waals surface area contributed by atoms with Gasteiger partial charge in [0, 0.05) is 35.2 Å². The Labute approximate surface area is 262 Å². The summed E-state index contributed by atoms with van der Waals surface area (Å²) in [4.78, 5) is 25.5. The van der Waals surface area contributed by atoms with Crippen molar-refractivity contribution < 1.29 is 46.7 Å². The highest BCUT2D eigenvalue weighted by atomic mass is 79.9. The van der Waals surface area contributed by atoms with Gasteiger partial charge < -0.3 is 20.7 Å². The standard InChI is InChI=1S/C20H16BrF5N4O3S.C7H8O3S/c1-27-19(31)17-11-15(8-9-28-17)33-14-5-2-12(3-6-14)29-20(32)30-13-4-7-16(21)18(10-13)34(22,23,24,25)26;1-6-2-4-7(5-3-6)11(8,9)10/h2-11H,1H3,(H,27,31)(H2,29,30,32);2-5H,1H3,(H,8,9,10). The van der Waals surface area contributed by atoms with Gasteiger partial charge in [-0.05, 0) is 83.5 Å². The molecule has 45 heavy (non-hydrogen) atoms. The molecular weight excluding hydrogens is 715 g/mol. The van der Waals surface area contributed by atoms with Crippen molar-refractivity contribution >= 4 is 59.6 Å². The molecule has 0 aliphatic heterocycles. The predicted molar refractivity (Wildman–Crippen MR) is 163 cm³/mol. The summed E-state index contributed by atoms with van der Waals surface area (Å²) in [5, 5.41) is 6.88. The van der Waals surface area contributed by atoms with Crippen LogP contribution in [0.1, 0.15) is 16.1 Å². The first-order valence-electron chi connectivity index (χ1n) is 12.3. The summed E-state index contributed by atoms with van der Waals surface area (Å²) < 4.78 is 100. The number of carbonyl (C=O) groups is 2. The molecule has 0 aliphatic carbocycles. The number of aromatic nitrogens is 1. The predicted octanol–water partition coefficient (Wildman–Crippen LogP) is 8.54. The van der Waals surface area contributed by atoms with Crippen LogP contribution in [0.25, 0.3) is 0 Å². The number of carbonyl (C=O) groups excluding carboxylic acids is 2. The van der Waals surface area contributed by atoms with Crippen molar-refractivity contribution in [1.82, 2.24) is 10.3 Å². The van der Waals surface area contributed by atoms with E-state index in [1.165, 1.54) is 61.8 Å². The van der Waals surface area contributed by atoms with Crippen LogP contribution in [0.15, 0.2) is 99.3 Å². The van der Waals surface area contributed by atoms with Crippen LogP contribution < -0.4 is 20.7 Å². The van der Waals surface area contributed by atoms with Crippen LogP contribution in [0, 0.1) is 6.92 Å². The fourth-order valence-electron chi connectivity index (χ4n) is 3.35. The van der Waals surface area contributed by atoms with E-state index in [0.717, 1.165) is 17.7 Å². The molecule has 0 spiro atoms. The first-order valence-corrected chi connectivity index (χ1v) is 16.4. The van der Waals surface area contributed by atoms with Gasteiger partial charge in [0.05, 0.1) is 4.90 Å². The third kappa shape index (κ3) is 10.7. The largest absolute Gasteiger partial charge is 0.457 e. The number of rotatable bonds is 7. The lowest BCUT2D eigenvalue weighted by atomic mass is 10.2. The molecule has 3 aromatic carbocycles. The number of halogens is 6. The maximum atomic E-state index is 13.2. The van der Waals surface area contributed by atoms with Gasteiger partial charge in [0.25, 0.3) is 16.0 Å². The van der Waals surface area contributed by atoms with Gasteiger partial charge in [0.1, 0.15) is 22.1 Å². The van der Waals surface area contributed by atoms with E-state index in [-0.39, 0.29) is 22.3 Å². The smallest absolute Gasteiger partial charge is 0.323 e. The topological polar surface area (TPSA) is 147 Å². The highest BCUT2D eigenvalue weighted by Crippen LogP contribution is 3.02. The van der Waals surface area contributed by atoms with E-state index >= 15 is 0 Å². The van der Waals surface area contributed by atoms with Gasteiger partial charge in [-0.1, -0.05) is 37.1 Å². The Morgan fingerprint density at radius 1 is 0.844 bits per heavy atom. The summed E-state index contributed by atoms with van der Waals surface area (Å²) in [6.07, 6.45) is 1.39. The van der Waals surface area contributed by atoms with E-state index in [4.69, 9.17) is 9.29 Å². The van der Waals surface area contributed by atoms with Crippen LogP contribution in [0.3, 0.4) is 0 Å². The van der Waals surface area contributed by atoms with Gasteiger partial charge in [-0.3, -0.25) is 14.3 Å². The molecule has 0 bridgehead atoms. The van der Waals surface area contributed by atoms with Gasteiger partial charge in [0.15, 0.2) is 0 Å². The second-order valence-electron chi connectivity index (χ2n) is 9.06. The Morgan fingerprint density at radius 3 is 1.98 bits per heavy atom. The van der Waals surface area contributed by atoms with Gasteiger partial charge >= 0.3 is 16.3 Å². The molecule has 3 amide bonds. The van der Waals surface area contributed by atoms with Gasteiger partial charge in [0.2, 0.25) is 0 Å². The number of pyridine rings is 1. The fourth-order valence-corrected chi connectivity index (χ4v) is 5.78. The molecule has 0 aliphatic rings. The second kappa shape index (κ2) is 12.6. The van der Waals surface area contributed by atoms with Crippen molar-refractivity contribution in [3.63, 3.8) is 0 Å². The van der Waals surface area contributed by atoms with Crippen LogP contribution >= 0.6 is 26.2 Å². The lowest BCUT2D eigenvalue weighted by Gasteiger charge is -2.41. The van der Waals surface area contributed by atoms with Crippen LogP contribution in [-0.4, -0.2) is 36.9 Å². The van der Waals surface area contributed by atoms with Crippen molar-refractivity contribution in [1.29, 1.82) is 0 Å². The van der Waals surface area contributed by atoms with E-state index in [1.807, 2.05) is 6.92 Å². The van der Waals surface area contributed by atoms with E-state index in [0.29, 0.717) is 11.5 Å². The molecule has 4 rings (SSSR count). The van der Waals surface area contributed by atoms with E-state index in [2.05, 4.69) is 36.9 Å². The van der Waals surface area contributed by atoms with Crippen LogP contribution in [-0.2, 0) is 10.1 Å². The molecule has 10 nitrogen and oxygen atoms in total. The minimum Gasteiger partial charge on any atom is -0.457 e. The zero-order chi connectivity index (χ0) is 33.7. The zero-order valence-electron chi connectivity index (χ0n) is 23.1. The maximum Gasteiger partial charge on any atom is 0.323 e. The number of urea groups is 1. The summed E-state index contributed by atoms with van der Waals surface area (Å²) >= 11 is 2.47. The van der Waals surface area contributed by atoms with Crippen LogP contribution in [0.4, 0.5) is 35.6 Å². The summed E-state index contributed by atoms with van der Waals surface area (Å²) in [6, 6.07) is 15.8. The number of nitrogens with one attached hydrogen (secondary N) is 3. The Balaban J connectivity index is 0.000000423. The highest BCUT2D eigenvalue weighted by molar-refractivity contribution is 9.10. The number of aryl methyl sites for hydroxylation is 1. The summed E-state index contributed by atoms with van der Waals surface area (Å²) in [6.45, 7) is 1.84. The van der Waals surface area contributed by atoms with Crippen molar-refractivity contribution in [2.24, 2.45) is 0 Å². The third-order valence-corrected chi connectivity index (χ3v) is 8.45. The molecule has 18 heteroatoms. The summed E-state index contributed by atoms with van der Waals surface area (Å²) in [5.41, 5.74) is 0.873. The van der Waals surface area contributed by atoms with E-state index in [1.54, 1.807) is 12.1 Å². The Bertz CT molecular complexity index is 1830. The first kappa shape index (κ1) is 35.2. The number of ether oxygens (including phenoxy) is 1. The molecule has 0 radical (unpaired) electrons. The molecule has 4 N–H and O–H groups in total. The van der Waals surface area contributed by atoms with Gasteiger partial charge in [-0.2, -0.15) is 8.42 Å². The van der Waals surface area contributed by atoms with E-state index in [9.17, 15) is 37.4 Å². The van der Waals surface area contributed by atoms with Crippen molar-refractivity contribution in [3.8, 4) is 11.5 Å². The third-order valence-electron chi connectivity index (χ3n) is 5.46. The highest BCUT2D eigenvalue weighted by Gasteiger charge is 2.66. The van der Waals surface area contributed by atoms with Crippen molar-refractivity contribution in [2.45, 2.75) is 16.7 Å². The summed E-state index contributed by atoms with van der Waals surface area (Å²) in [7, 11) is -12.5. The normalized spacial score (nSPS) is 12.8. The van der Waals surface area contributed by atoms with Gasteiger partial charge in [-0.25, -0.2) is 4.79 Å².